The van der Waals surface area contributed by atoms with Gasteiger partial charge in [0.15, 0.2) is 0 Å². The third kappa shape index (κ3) is 2.49. The molecule has 2 aromatic rings. The van der Waals surface area contributed by atoms with Crippen molar-refractivity contribution in [2.24, 2.45) is 5.92 Å². The van der Waals surface area contributed by atoms with Crippen molar-refractivity contribution < 1.29 is 18.9 Å². The number of fused-ring (bicyclic) bond motifs is 3. The minimum Gasteiger partial charge on any atom is -0.497 e. The summed E-state index contributed by atoms with van der Waals surface area (Å²) in [5.41, 5.74) is 0.824. The Bertz CT molecular complexity index is 992. The Morgan fingerprint density at radius 2 is 1.86 bits per heavy atom. The molecule has 0 saturated carbocycles. The van der Waals surface area contributed by atoms with Crippen LogP contribution in [0.4, 0.5) is 10.7 Å². The lowest BCUT2D eigenvalue weighted by molar-refractivity contribution is -0.407. The fourth-order valence-electron chi connectivity index (χ4n) is 3.74. The van der Waals surface area contributed by atoms with Crippen LogP contribution in [0.25, 0.3) is 11.4 Å². The van der Waals surface area contributed by atoms with Crippen LogP contribution in [0, 0.1) is 5.92 Å². The number of hydrogen-bond acceptors (Lipinski definition) is 6. The molecule has 1 atom stereocenters. The molecule has 9 heteroatoms. The Morgan fingerprint density at radius 3 is 2.46 bits per heavy atom. The zero-order chi connectivity index (χ0) is 20.2. The standard InChI is InChI=1S/C19H23N6O3/c1-11(2)10-24-14-16(22(3)19(27)23(4)17(14)26)25-15(20-21-18(24)25)12-6-8-13(28-5)9-7-12/h6-9,11,14H,10H2,1-5H3/q+1. The second kappa shape index (κ2) is 6.43. The molecule has 4 rings (SSSR count). The molecule has 0 N–H and O–H groups in total. The van der Waals surface area contributed by atoms with Crippen molar-refractivity contribution in [2.75, 3.05) is 32.6 Å². The van der Waals surface area contributed by atoms with Gasteiger partial charge < -0.3 is 9.64 Å². The molecule has 1 unspecified atom stereocenters. The number of urea groups is 1. The molecule has 1 aromatic carbocycles. The van der Waals surface area contributed by atoms with Crippen LogP contribution in [0.3, 0.4) is 0 Å². The van der Waals surface area contributed by atoms with Crippen molar-refractivity contribution in [1.82, 2.24) is 19.7 Å². The van der Waals surface area contributed by atoms with Crippen LogP contribution in [0.5, 0.6) is 5.75 Å². The highest BCUT2D eigenvalue weighted by molar-refractivity contribution is 6.18. The van der Waals surface area contributed by atoms with Gasteiger partial charge in [-0.3, -0.25) is 4.79 Å². The second-order valence-electron chi connectivity index (χ2n) is 7.43. The predicted molar refractivity (Wildman–Crippen MR) is 103 cm³/mol. The number of carbonyl (C=O) groups is 2. The third-order valence-electron chi connectivity index (χ3n) is 5.08. The van der Waals surface area contributed by atoms with E-state index in [1.807, 2.05) is 33.7 Å². The van der Waals surface area contributed by atoms with E-state index in [4.69, 9.17) is 4.74 Å². The van der Waals surface area contributed by atoms with Gasteiger partial charge in [0.05, 0.1) is 21.2 Å². The zero-order valence-electron chi connectivity index (χ0n) is 16.6. The molecule has 0 fully saturated rings. The predicted octanol–water partition coefficient (Wildman–Crippen LogP) is 1.28. The lowest BCUT2D eigenvalue weighted by atomic mass is 10.1. The highest BCUT2D eigenvalue weighted by Crippen LogP contribution is 2.33. The van der Waals surface area contributed by atoms with E-state index in [1.165, 1.54) is 11.6 Å². The number of anilines is 1. The molecule has 9 nitrogen and oxygen atoms in total. The molecule has 0 bridgehead atoms. The average molecular weight is 383 g/mol. The first-order valence-corrected chi connectivity index (χ1v) is 9.14. The Labute approximate surface area is 162 Å². The Morgan fingerprint density at radius 1 is 1.18 bits per heavy atom. The van der Waals surface area contributed by atoms with Crippen LogP contribution in [0.1, 0.15) is 13.8 Å². The van der Waals surface area contributed by atoms with Gasteiger partial charge in [0.25, 0.3) is 5.95 Å². The number of aromatic nitrogens is 3. The fourth-order valence-corrected chi connectivity index (χ4v) is 3.74. The number of carbonyl (C=O) groups excluding carboxylic acids is 2. The van der Waals surface area contributed by atoms with E-state index in [1.54, 1.807) is 14.2 Å². The summed E-state index contributed by atoms with van der Waals surface area (Å²) in [6.07, 6.45) is 0. The molecule has 3 heterocycles. The molecule has 0 aliphatic carbocycles. The van der Waals surface area contributed by atoms with Crippen LogP contribution in [-0.4, -0.2) is 75.8 Å². The van der Waals surface area contributed by atoms with Crippen LogP contribution < -0.4 is 9.64 Å². The molecule has 0 saturated heterocycles. The molecular formula is C19H23N6O3+. The average Bonchev–Trinajstić information content (AvgIpc) is 3.23. The van der Waals surface area contributed by atoms with E-state index in [0.717, 1.165) is 16.2 Å². The summed E-state index contributed by atoms with van der Waals surface area (Å²) < 4.78 is 8.55. The molecule has 2 aliphatic heterocycles. The Kier molecular flexibility index (Phi) is 4.17. The summed E-state index contributed by atoms with van der Waals surface area (Å²) in [7, 11) is 4.79. The Balaban J connectivity index is 1.92. The van der Waals surface area contributed by atoms with E-state index in [0.29, 0.717) is 30.1 Å². The van der Waals surface area contributed by atoms with E-state index < -0.39 is 6.04 Å². The van der Waals surface area contributed by atoms with Crippen molar-refractivity contribution in [3.05, 3.63) is 24.3 Å². The number of methoxy groups -OCH3 is 1. The van der Waals surface area contributed by atoms with Gasteiger partial charge in [-0.25, -0.2) is 9.37 Å². The number of benzene rings is 1. The topological polar surface area (TPSA) is 83.6 Å². The summed E-state index contributed by atoms with van der Waals surface area (Å²) in [5.74, 6) is 2.50. The normalized spacial score (nSPS) is 18.9. The number of likely N-dealkylation sites (N-methyl/N-ethyl adjacent to an activating group) is 1. The van der Waals surface area contributed by atoms with Crippen molar-refractivity contribution >= 4 is 23.7 Å². The maximum absolute atomic E-state index is 13.0. The molecule has 28 heavy (non-hydrogen) atoms. The molecule has 0 radical (unpaired) electrons. The van der Waals surface area contributed by atoms with Gasteiger partial charge in [0.1, 0.15) is 5.75 Å². The van der Waals surface area contributed by atoms with Crippen LogP contribution in [0.2, 0.25) is 0 Å². The number of nitrogens with zero attached hydrogens (tertiary/aromatic N) is 6. The van der Waals surface area contributed by atoms with Crippen LogP contribution in [-0.2, 0) is 4.79 Å². The summed E-state index contributed by atoms with van der Waals surface area (Å²) in [4.78, 5) is 28.7. The monoisotopic (exact) mass is 383 g/mol. The van der Waals surface area contributed by atoms with Gasteiger partial charge in [0.2, 0.25) is 17.7 Å². The van der Waals surface area contributed by atoms with E-state index >= 15 is 0 Å². The lowest BCUT2D eigenvalue weighted by Crippen LogP contribution is -2.60. The van der Waals surface area contributed by atoms with Gasteiger partial charge in [-0.15, -0.1) is 5.10 Å². The number of hydrogen-bond donors (Lipinski definition) is 0. The van der Waals surface area contributed by atoms with Crippen molar-refractivity contribution in [1.29, 1.82) is 0 Å². The molecular weight excluding hydrogens is 360 g/mol. The summed E-state index contributed by atoms with van der Waals surface area (Å²) >= 11 is 0. The van der Waals surface area contributed by atoms with Gasteiger partial charge in [-0.2, -0.15) is 9.47 Å². The van der Waals surface area contributed by atoms with Gasteiger partial charge in [0, 0.05) is 12.1 Å². The minimum atomic E-state index is -0.599. The second-order valence-corrected chi connectivity index (χ2v) is 7.43. The molecule has 146 valence electrons. The first-order valence-electron chi connectivity index (χ1n) is 9.14. The van der Waals surface area contributed by atoms with Crippen LogP contribution >= 0.6 is 0 Å². The molecule has 3 amide bonds. The number of imide groups is 1. The highest BCUT2D eigenvalue weighted by Gasteiger charge is 2.55. The summed E-state index contributed by atoms with van der Waals surface area (Å²) in [6, 6.07) is 6.48. The van der Waals surface area contributed by atoms with E-state index in [9.17, 15) is 9.59 Å². The number of ether oxygens (including phenoxy) is 1. The number of rotatable bonds is 4. The lowest BCUT2D eigenvalue weighted by Gasteiger charge is -2.28. The summed E-state index contributed by atoms with van der Waals surface area (Å²) in [5, 5.41) is 8.73. The molecule has 2 aliphatic rings. The van der Waals surface area contributed by atoms with Gasteiger partial charge in [-0.1, -0.05) is 18.9 Å². The highest BCUT2D eigenvalue weighted by atomic mass is 16.5. The molecule has 0 spiro atoms. The van der Waals surface area contributed by atoms with Crippen molar-refractivity contribution in [2.45, 2.75) is 19.9 Å². The summed E-state index contributed by atoms with van der Waals surface area (Å²) in [6.45, 7) is 4.78. The number of amides is 3. The first kappa shape index (κ1) is 18.1. The maximum Gasteiger partial charge on any atom is 0.445 e. The fraction of sp³-hybridized carbons (Fsp3) is 0.421. The van der Waals surface area contributed by atoms with Gasteiger partial charge in [-0.05, 0) is 30.2 Å². The maximum atomic E-state index is 13.0. The molecule has 1 aromatic heterocycles. The Hall–Kier alpha value is -3.23. The minimum absolute atomic E-state index is 0.259. The smallest absolute Gasteiger partial charge is 0.445 e. The van der Waals surface area contributed by atoms with E-state index in [-0.39, 0.29) is 11.9 Å². The van der Waals surface area contributed by atoms with Crippen molar-refractivity contribution in [3.63, 3.8) is 0 Å². The quantitative estimate of drug-likeness (QED) is 0.740. The third-order valence-corrected chi connectivity index (χ3v) is 5.08. The first-order chi connectivity index (χ1) is 13.3. The van der Waals surface area contributed by atoms with Crippen LogP contribution in [0.15, 0.2) is 24.3 Å². The zero-order valence-corrected chi connectivity index (χ0v) is 16.6. The van der Waals surface area contributed by atoms with Crippen molar-refractivity contribution in [3.8, 4) is 17.1 Å². The largest absolute Gasteiger partial charge is 0.497 e. The SMILES string of the molecule is COc1ccc(-c2nnc3n2C2=[N+](C)C(=O)N(C)C(=O)C2N3CC(C)C)cc1. The van der Waals surface area contributed by atoms with Gasteiger partial charge >= 0.3 is 11.9 Å². The van der Waals surface area contributed by atoms with E-state index in [2.05, 4.69) is 24.0 Å².